The Hall–Kier alpha value is -1.69. The second-order valence-electron chi connectivity index (χ2n) is 7.22. The van der Waals surface area contributed by atoms with Gasteiger partial charge in [0.05, 0.1) is 12.5 Å². The minimum Gasteiger partial charge on any atom is -0.392 e. The molecule has 142 valence electrons. The summed E-state index contributed by atoms with van der Waals surface area (Å²) in [7, 11) is 0. The zero-order chi connectivity index (χ0) is 19.4. The highest BCUT2D eigenvalue weighted by Crippen LogP contribution is 2.33. The summed E-state index contributed by atoms with van der Waals surface area (Å²) in [5.74, 6) is 0.822. The molecule has 2 aromatic rings. The second-order valence-corrected chi connectivity index (χ2v) is 8.88. The topological polar surface area (TPSA) is 40.5 Å². The largest absolute Gasteiger partial charge is 0.392 e. The van der Waals surface area contributed by atoms with E-state index in [1.54, 1.807) is 16.7 Å². The van der Waals surface area contributed by atoms with E-state index in [2.05, 4.69) is 13.8 Å². The zero-order valence-corrected chi connectivity index (χ0v) is 17.2. The highest BCUT2D eigenvalue weighted by Gasteiger charge is 2.37. The molecule has 0 unspecified atom stereocenters. The van der Waals surface area contributed by atoms with E-state index in [1.807, 2.05) is 60.7 Å². The Morgan fingerprint density at radius 3 is 2.11 bits per heavy atom. The maximum Gasteiger partial charge on any atom is 0.230 e. The van der Waals surface area contributed by atoms with Crippen molar-refractivity contribution in [1.29, 1.82) is 0 Å². The molecule has 0 aliphatic carbocycles. The van der Waals surface area contributed by atoms with Gasteiger partial charge in [-0.3, -0.25) is 9.69 Å². The van der Waals surface area contributed by atoms with Crippen LogP contribution in [0.5, 0.6) is 0 Å². The van der Waals surface area contributed by atoms with Crippen molar-refractivity contribution < 1.29 is 9.90 Å². The maximum atomic E-state index is 13.0. The number of rotatable bonds is 6. The first-order valence-electron chi connectivity index (χ1n) is 9.25. The molecule has 27 heavy (non-hydrogen) atoms. The van der Waals surface area contributed by atoms with Gasteiger partial charge in [-0.15, -0.1) is 0 Å². The number of aliphatic hydroxyl groups excluding tert-OH is 1. The molecule has 1 amide bonds. The molecule has 0 aromatic heterocycles. The van der Waals surface area contributed by atoms with E-state index in [4.69, 9.17) is 12.2 Å². The SMILES string of the molecule is CC(C)[C@H]1CSC(=S)N1C(=O)C[C@H](O)C(c1ccccc1)c1ccccc1. The van der Waals surface area contributed by atoms with Gasteiger partial charge in [-0.1, -0.05) is 98.5 Å². The van der Waals surface area contributed by atoms with Crippen LogP contribution in [0, 0.1) is 5.92 Å². The van der Waals surface area contributed by atoms with E-state index in [0.717, 1.165) is 16.9 Å². The molecule has 1 saturated heterocycles. The summed E-state index contributed by atoms with van der Waals surface area (Å²) in [4.78, 5) is 14.7. The van der Waals surface area contributed by atoms with Crippen LogP contribution in [0.3, 0.4) is 0 Å². The average Bonchev–Trinajstić information content (AvgIpc) is 3.05. The third kappa shape index (κ3) is 4.60. The molecule has 1 aliphatic heterocycles. The predicted octanol–water partition coefficient (Wildman–Crippen LogP) is 4.45. The van der Waals surface area contributed by atoms with Crippen molar-refractivity contribution in [3.63, 3.8) is 0 Å². The van der Waals surface area contributed by atoms with E-state index in [0.29, 0.717) is 10.2 Å². The highest BCUT2D eigenvalue weighted by molar-refractivity contribution is 8.23. The van der Waals surface area contributed by atoms with Crippen LogP contribution in [0.15, 0.2) is 60.7 Å². The number of amides is 1. The average molecular weight is 400 g/mol. The van der Waals surface area contributed by atoms with E-state index < -0.39 is 6.10 Å². The number of carbonyl (C=O) groups excluding carboxylic acids is 1. The van der Waals surface area contributed by atoms with Crippen molar-refractivity contribution >= 4 is 34.2 Å². The first kappa shape index (κ1) is 20.1. The van der Waals surface area contributed by atoms with Gasteiger partial charge in [-0.25, -0.2) is 0 Å². The molecule has 2 atom stereocenters. The Labute approximate surface area is 170 Å². The Bertz CT molecular complexity index is 740. The Balaban J connectivity index is 1.84. The van der Waals surface area contributed by atoms with Crippen molar-refractivity contribution in [2.75, 3.05) is 5.75 Å². The summed E-state index contributed by atoms with van der Waals surface area (Å²) < 4.78 is 0.627. The fourth-order valence-electron chi connectivity index (χ4n) is 3.57. The zero-order valence-electron chi connectivity index (χ0n) is 15.6. The number of thiocarbonyl (C=S) groups is 1. The van der Waals surface area contributed by atoms with Crippen LogP contribution < -0.4 is 0 Å². The van der Waals surface area contributed by atoms with E-state index >= 15 is 0 Å². The maximum absolute atomic E-state index is 13.0. The molecule has 0 bridgehead atoms. The summed E-state index contributed by atoms with van der Waals surface area (Å²) in [5, 5.41) is 11.1. The van der Waals surface area contributed by atoms with Crippen LogP contribution in [0.4, 0.5) is 0 Å². The van der Waals surface area contributed by atoms with Gasteiger partial charge < -0.3 is 5.11 Å². The molecule has 1 aliphatic rings. The lowest BCUT2D eigenvalue weighted by atomic mass is 9.85. The fraction of sp³-hybridized carbons (Fsp3) is 0.364. The molecule has 1 heterocycles. The molecule has 1 N–H and O–H groups in total. The summed E-state index contributed by atoms with van der Waals surface area (Å²) in [5.41, 5.74) is 2.01. The number of benzene rings is 2. The van der Waals surface area contributed by atoms with Gasteiger partial charge in [0.25, 0.3) is 0 Å². The van der Waals surface area contributed by atoms with Crippen molar-refractivity contribution in [2.45, 2.75) is 38.3 Å². The second kappa shape index (κ2) is 9.00. The molecule has 3 rings (SSSR count). The standard InChI is InChI=1S/C22H25NO2S2/c1-15(2)18-14-27-22(26)23(18)20(25)13-19(24)21(16-9-5-3-6-10-16)17-11-7-4-8-12-17/h3-12,15,18-19,21,24H,13-14H2,1-2H3/t18-,19+/m1/s1. The molecule has 0 spiro atoms. The monoisotopic (exact) mass is 399 g/mol. The van der Waals surface area contributed by atoms with Crippen molar-refractivity contribution in [3.05, 3.63) is 71.8 Å². The smallest absolute Gasteiger partial charge is 0.230 e. The summed E-state index contributed by atoms with van der Waals surface area (Å²) in [6, 6.07) is 19.8. The van der Waals surface area contributed by atoms with E-state index in [9.17, 15) is 9.90 Å². The fourth-order valence-corrected chi connectivity index (χ4v) is 5.23. The lowest BCUT2D eigenvalue weighted by molar-refractivity contribution is -0.131. The predicted molar refractivity (Wildman–Crippen MR) is 116 cm³/mol. The van der Waals surface area contributed by atoms with Crippen LogP contribution in [-0.4, -0.2) is 38.1 Å². The van der Waals surface area contributed by atoms with Gasteiger partial charge in [0.1, 0.15) is 4.32 Å². The number of carbonyl (C=O) groups is 1. The number of hydrogen-bond donors (Lipinski definition) is 1. The van der Waals surface area contributed by atoms with Crippen LogP contribution in [-0.2, 0) is 4.79 Å². The van der Waals surface area contributed by atoms with Gasteiger partial charge >= 0.3 is 0 Å². The van der Waals surface area contributed by atoms with Crippen molar-refractivity contribution in [1.82, 2.24) is 4.90 Å². The summed E-state index contributed by atoms with van der Waals surface area (Å²) >= 11 is 6.96. The molecular formula is C22H25NO2S2. The summed E-state index contributed by atoms with van der Waals surface area (Å²) in [6.45, 7) is 4.21. The summed E-state index contributed by atoms with van der Waals surface area (Å²) in [6.07, 6.45) is -0.762. The normalized spacial score (nSPS) is 18.3. The molecule has 0 radical (unpaired) electrons. The Morgan fingerprint density at radius 1 is 1.11 bits per heavy atom. The molecule has 5 heteroatoms. The van der Waals surface area contributed by atoms with Crippen LogP contribution in [0.1, 0.15) is 37.3 Å². The molecular weight excluding hydrogens is 374 g/mol. The van der Waals surface area contributed by atoms with Crippen molar-refractivity contribution in [2.24, 2.45) is 5.92 Å². The first-order chi connectivity index (χ1) is 13.0. The van der Waals surface area contributed by atoms with Gasteiger partial charge in [0.2, 0.25) is 5.91 Å². The number of nitrogens with zero attached hydrogens (tertiary/aromatic N) is 1. The van der Waals surface area contributed by atoms with Crippen LogP contribution in [0.2, 0.25) is 0 Å². The quantitative estimate of drug-likeness (QED) is 0.729. The lowest BCUT2D eigenvalue weighted by Gasteiger charge is -2.29. The Kier molecular flexibility index (Phi) is 6.68. The lowest BCUT2D eigenvalue weighted by Crippen LogP contribution is -2.43. The highest BCUT2D eigenvalue weighted by atomic mass is 32.2. The number of hydrogen-bond acceptors (Lipinski definition) is 4. The number of thioether (sulfide) groups is 1. The van der Waals surface area contributed by atoms with Crippen molar-refractivity contribution in [3.8, 4) is 0 Å². The van der Waals surface area contributed by atoms with Crippen LogP contribution >= 0.6 is 24.0 Å². The molecule has 1 fully saturated rings. The minimum atomic E-state index is -0.816. The van der Waals surface area contributed by atoms with Gasteiger partial charge in [0, 0.05) is 17.7 Å². The Morgan fingerprint density at radius 2 is 1.63 bits per heavy atom. The number of aliphatic hydroxyl groups is 1. The minimum absolute atomic E-state index is 0.0539. The van der Waals surface area contributed by atoms with Gasteiger partial charge in [0.15, 0.2) is 0 Å². The van der Waals surface area contributed by atoms with E-state index in [-0.39, 0.29) is 24.3 Å². The molecule has 0 saturated carbocycles. The van der Waals surface area contributed by atoms with Gasteiger partial charge in [-0.05, 0) is 17.0 Å². The third-order valence-electron chi connectivity index (χ3n) is 5.03. The molecule has 3 nitrogen and oxygen atoms in total. The van der Waals surface area contributed by atoms with Gasteiger partial charge in [-0.2, -0.15) is 0 Å². The third-order valence-corrected chi connectivity index (χ3v) is 6.53. The van der Waals surface area contributed by atoms with Crippen LogP contribution in [0.25, 0.3) is 0 Å². The van der Waals surface area contributed by atoms with E-state index in [1.165, 1.54) is 0 Å². The molecule has 2 aromatic carbocycles. The first-order valence-corrected chi connectivity index (χ1v) is 10.6.